The number of nitrogens with zero attached hydrogens (tertiary/aromatic N) is 5. The second-order valence-electron chi connectivity index (χ2n) is 5.74. The van der Waals surface area contributed by atoms with E-state index in [0.29, 0.717) is 31.5 Å². The van der Waals surface area contributed by atoms with Gasteiger partial charge >= 0.3 is 12.1 Å². The van der Waals surface area contributed by atoms with Crippen LogP contribution < -0.4 is 4.74 Å². The first-order valence-corrected chi connectivity index (χ1v) is 7.57. The predicted molar refractivity (Wildman–Crippen MR) is 76.9 cm³/mol. The molecule has 3 heterocycles. The molecule has 0 bridgehead atoms. The molecule has 0 spiro atoms. The van der Waals surface area contributed by atoms with Crippen LogP contribution >= 0.6 is 0 Å². The summed E-state index contributed by atoms with van der Waals surface area (Å²) in [5, 5.41) is 10.6. The number of methoxy groups -OCH3 is 1. The molecule has 0 aliphatic carbocycles. The van der Waals surface area contributed by atoms with Crippen molar-refractivity contribution >= 4 is 5.91 Å². The van der Waals surface area contributed by atoms with E-state index in [9.17, 15) is 18.0 Å². The zero-order valence-corrected chi connectivity index (χ0v) is 13.6. The van der Waals surface area contributed by atoms with Crippen LogP contribution in [-0.2, 0) is 13.2 Å². The summed E-state index contributed by atoms with van der Waals surface area (Å²) in [7, 11) is 3.11. The van der Waals surface area contributed by atoms with E-state index < -0.39 is 12.1 Å². The first-order chi connectivity index (χ1) is 11.8. The minimum absolute atomic E-state index is 0.0432. The third-order valence-electron chi connectivity index (χ3n) is 4.03. The Hall–Kier alpha value is -2.59. The molecule has 11 heteroatoms. The maximum absolute atomic E-state index is 12.6. The number of hydrogen-bond donors (Lipinski definition) is 0. The summed E-state index contributed by atoms with van der Waals surface area (Å²) < 4.78 is 48.9. The van der Waals surface area contributed by atoms with E-state index >= 15 is 0 Å². The van der Waals surface area contributed by atoms with Gasteiger partial charge in [0.25, 0.3) is 5.91 Å². The number of hydrogen-bond acceptors (Lipinski definition) is 6. The van der Waals surface area contributed by atoms with Crippen LogP contribution in [0.1, 0.15) is 40.9 Å². The quantitative estimate of drug-likeness (QED) is 0.831. The first-order valence-electron chi connectivity index (χ1n) is 7.57. The van der Waals surface area contributed by atoms with Crippen LogP contribution in [0.25, 0.3) is 0 Å². The topological polar surface area (TPSA) is 86.3 Å². The molecule has 25 heavy (non-hydrogen) atoms. The molecule has 1 saturated heterocycles. The molecule has 1 amide bonds. The van der Waals surface area contributed by atoms with Gasteiger partial charge in [-0.1, -0.05) is 0 Å². The minimum atomic E-state index is -4.65. The molecule has 1 aliphatic rings. The molecule has 1 fully saturated rings. The second-order valence-corrected chi connectivity index (χ2v) is 5.74. The highest BCUT2D eigenvalue weighted by atomic mass is 19.4. The van der Waals surface area contributed by atoms with Gasteiger partial charge in [-0.2, -0.15) is 13.2 Å². The molecule has 0 saturated carbocycles. The highest BCUT2D eigenvalue weighted by Crippen LogP contribution is 2.33. The molecule has 8 nitrogen and oxygen atoms in total. The van der Waals surface area contributed by atoms with Crippen molar-refractivity contribution in [1.29, 1.82) is 0 Å². The van der Waals surface area contributed by atoms with Gasteiger partial charge in [-0.3, -0.25) is 9.48 Å². The Morgan fingerprint density at radius 3 is 2.56 bits per heavy atom. The van der Waals surface area contributed by atoms with Gasteiger partial charge in [0.2, 0.25) is 11.8 Å². The van der Waals surface area contributed by atoms with Crippen molar-refractivity contribution in [3.05, 3.63) is 23.5 Å². The summed E-state index contributed by atoms with van der Waals surface area (Å²) >= 11 is 0. The second kappa shape index (κ2) is 6.37. The summed E-state index contributed by atoms with van der Waals surface area (Å²) in [6.07, 6.45) is -2.21. The number of piperidine rings is 1. The summed E-state index contributed by atoms with van der Waals surface area (Å²) in [5.41, 5.74) is 0.348. The van der Waals surface area contributed by atoms with Crippen molar-refractivity contribution in [3.63, 3.8) is 0 Å². The summed E-state index contributed by atoms with van der Waals surface area (Å²) in [4.78, 5) is 14.2. The third-order valence-corrected chi connectivity index (χ3v) is 4.03. The molecule has 3 rings (SSSR count). The molecule has 0 atom stereocenters. The maximum Gasteiger partial charge on any atom is 0.470 e. The van der Waals surface area contributed by atoms with Gasteiger partial charge in [-0.05, 0) is 12.8 Å². The molecule has 0 unspecified atom stereocenters. The highest BCUT2D eigenvalue weighted by molar-refractivity contribution is 5.96. The number of amides is 1. The van der Waals surface area contributed by atoms with Gasteiger partial charge in [0.05, 0.1) is 7.11 Å². The van der Waals surface area contributed by atoms with Gasteiger partial charge in [0.1, 0.15) is 5.56 Å². The third kappa shape index (κ3) is 3.44. The van der Waals surface area contributed by atoms with Gasteiger partial charge < -0.3 is 14.1 Å². The first kappa shape index (κ1) is 17.2. The van der Waals surface area contributed by atoms with Gasteiger partial charge in [-0.15, -0.1) is 15.3 Å². The lowest BCUT2D eigenvalue weighted by Gasteiger charge is -2.30. The number of alkyl halides is 3. The van der Waals surface area contributed by atoms with Crippen molar-refractivity contribution < 1.29 is 27.1 Å². The van der Waals surface area contributed by atoms with Crippen molar-refractivity contribution in [3.8, 4) is 5.88 Å². The predicted octanol–water partition coefficient (Wildman–Crippen LogP) is 1.85. The van der Waals surface area contributed by atoms with Crippen LogP contribution in [0.5, 0.6) is 5.88 Å². The van der Waals surface area contributed by atoms with Crippen LogP contribution in [0, 0.1) is 0 Å². The molecule has 0 radical (unpaired) electrons. The van der Waals surface area contributed by atoms with Crippen LogP contribution in [0.2, 0.25) is 0 Å². The monoisotopic (exact) mass is 359 g/mol. The lowest BCUT2D eigenvalue weighted by molar-refractivity contribution is -0.157. The Kier molecular flexibility index (Phi) is 4.39. The molecule has 2 aromatic heterocycles. The summed E-state index contributed by atoms with van der Waals surface area (Å²) in [6.45, 7) is 0.733. The van der Waals surface area contributed by atoms with Crippen LogP contribution in [0.4, 0.5) is 13.2 Å². The zero-order valence-electron chi connectivity index (χ0n) is 13.6. The lowest BCUT2D eigenvalue weighted by Crippen LogP contribution is -2.38. The van der Waals surface area contributed by atoms with E-state index in [1.165, 1.54) is 11.8 Å². The van der Waals surface area contributed by atoms with Crippen molar-refractivity contribution in [2.24, 2.45) is 7.05 Å². The van der Waals surface area contributed by atoms with E-state index in [-0.39, 0.29) is 23.6 Å². The Morgan fingerprint density at radius 1 is 1.32 bits per heavy atom. The zero-order chi connectivity index (χ0) is 18.2. The summed E-state index contributed by atoms with van der Waals surface area (Å²) in [5.74, 6) is -1.69. The minimum Gasteiger partial charge on any atom is -0.479 e. The van der Waals surface area contributed by atoms with E-state index in [1.807, 2.05) is 0 Å². The van der Waals surface area contributed by atoms with E-state index in [0.717, 1.165) is 0 Å². The van der Waals surface area contributed by atoms with E-state index in [4.69, 9.17) is 9.15 Å². The molecular formula is C14H16F3N5O3. The van der Waals surface area contributed by atoms with Crippen molar-refractivity contribution in [2.75, 3.05) is 20.2 Å². The Morgan fingerprint density at radius 2 is 2.00 bits per heavy atom. The van der Waals surface area contributed by atoms with E-state index in [1.54, 1.807) is 18.1 Å². The number of likely N-dealkylation sites (tertiary alicyclic amines) is 1. The van der Waals surface area contributed by atoms with Crippen molar-refractivity contribution in [2.45, 2.75) is 24.9 Å². The molecule has 1 aliphatic heterocycles. The van der Waals surface area contributed by atoms with Crippen LogP contribution in [-0.4, -0.2) is 51.0 Å². The number of aromatic nitrogens is 4. The Labute approximate surface area is 140 Å². The van der Waals surface area contributed by atoms with Gasteiger partial charge in [0.15, 0.2) is 0 Å². The smallest absolute Gasteiger partial charge is 0.470 e. The Bertz CT molecular complexity index is 762. The standard InChI is InChI=1S/C14H16F3N5O3/c1-21-7-9(11(20-21)24-2)12(23)22-5-3-8(4-6-22)10-18-19-13(25-10)14(15,16)17/h7-8H,3-6H2,1-2H3. The van der Waals surface area contributed by atoms with Crippen molar-refractivity contribution in [1.82, 2.24) is 24.9 Å². The Balaban J connectivity index is 1.65. The summed E-state index contributed by atoms with van der Waals surface area (Å²) in [6, 6.07) is 0. The van der Waals surface area contributed by atoms with Crippen LogP contribution in [0.15, 0.2) is 10.6 Å². The van der Waals surface area contributed by atoms with Gasteiger partial charge in [0, 0.05) is 32.3 Å². The number of carbonyl (C=O) groups excluding carboxylic acids is 1. The fraction of sp³-hybridized carbons (Fsp3) is 0.571. The number of carbonyl (C=O) groups is 1. The average molecular weight is 359 g/mol. The average Bonchev–Trinajstić information content (AvgIpc) is 3.20. The normalized spacial score (nSPS) is 16.3. The maximum atomic E-state index is 12.6. The van der Waals surface area contributed by atoms with E-state index in [2.05, 4.69) is 15.3 Å². The largest absolute Gasteiger partial charge is 0.479 e. The number of ether oxygens (including phenoxy) is 1. The number of halogens is 3. The lowest BCUT2D eigenvalue weighted by atomic mass is 9.96. The molecular weight excluding hydrogens is 343 g/mol. The molecule has 0 N–H and O–H groups in total. The fourth-order valence-corrected chi connectivity index (χ4v) is 2.78. The molecule has 0 aromatic carbocycles. The molecule has 136 valence electrons. The molecule has 2 aromatic rings. The SMILES string of the molecule is COc1nn(C)cc1C(=O)N1CCC(c2nnc(C(F)(F)F)o2)CC1. The van der Waals surface area contributed by atoms with Gasteiger partial charge in [-0.25, -0.2) is 0 Å². The number of aryl methyl sites for hydroxylation is 1. The fourth-order valence-electron chi connectivity index (χ4n) is 2.78. The highest BCUT2D eigenvalue weighted by Gasteiger charge is 2.39. The number of rotatable bonds is 3. The van der Waals surface area contributed by atoms with Crippen LogP contribution in [0.3, 0.4) is 0 Å².